The average Bonchev–Trinajstić information content (AvgIpc) is 3.11. The summed E-state index contributed by atoms with van der Waals surface area (Å²) in [6.07, 6.45) is -0.411. The Morgan fingerprint density at radius 2 is 1.69 bits per heavy atom. The third-order valence-corrected chi connectivity index (χ3v) is 4.73. The Labute approximate surface area is 169 Å². The molecule has 0 fully saturated rings. The fourth-order valence-corrected chi connectivity index (χ4v) is 3.36. The number of hydrogen-bond donors (Lipinski definition) is 1. The Bertz CT molecular complexity index is 1030. The molecule has 0 bridgehead atoms. The molecule has 148 valence electrons. The van der Waals surface area contributed by atoms with Gasteiger partial charge in [0.1, 0.15) is 12.8 Å². The number of nitrogens with zero attached hydrogens (tertiary/aromatic N) is 3. The van der Waals surface area contributed by atoms with Gasteiger partial charge < -0.3 is 14.8 Å². The lowest BCUT2D eigenvalue weighted by molar-refractivity contribution is -0.139. The molecule has 8 nitrogen and oxygen atoms in total. The summed E-state index contributed by atoms with van der Waals surface area (Å²) in [5.41, 5.74) is 1.25. The Hall–Kier alpha value is -3.72. The van der Waals surface area contributed by atoms with Crippen LogP contribution in [0.4, 0.5) is 0 Å². The van der Waals surface area contributed by atoms with Gasteiger partial charge in [-0.1, -0.05) is 65.8 Å². The molecule has 3 rings (SSSR count). The van der Waals surface area contributed by atoms with Crippen molar-refractivity contribution >= 4 is 29.4 Å². The first-order chi connectivity index (χ1) is 14.2. The summed E-state index contributed by atoms with van der Waals surface area (Å²) in [5, 5.41) is 15.3. The van der Waals surface area contributed by atoms with E-state index in [2.05, 4.69) is 10.1 Å². The van der Waals surface area contributed by atoms with E-state index in [0.717, 1.165) is 22.5 Å². The molecule has 0 aliphatic heterocycles. The first-order valence-electron chi connectivity index (χ1n) is 8.45. The molecule has 1 heterocycles. The summed E-state index contributed by atoms with van der Waals surface area (Å²) >= 11 is 0.955. The topological polar surface area (TPSA) is 102 Å². The minimum Gasteiger partial charge on any atom is -0.448 e. The fraction of sp³-hybridized carbons (Fsp3) is 0.100. The number of aromatic nitrogens is 1. The van der Waals surface area contributed by atoms with Crippen LogP contribution in [0.5, 0.6) is 0 Å². The van der Waals surface area contributed by atoms with Crippen molar-refractivity contribution in [2.24, 2.45) is 10.1 Å². The average molecular weight is 411 g/mol. The van der Waals surface area contributed by atoms with E-state index < -0.39 is 12.1 Å². The number of thiazole rings is 1. The lowest BCUT2D eigenvalue weighted by atomic mass is 10.0. The van der Waals surface area contributed by atoms with Crippen molar-refractivity contribution in [3.63, 3.8) is 0 Å². The molecule has 0 atom stereocenters. The second-order valence-corrected chi connectivity index (χ2v) is 6.52. The van der Waals surface area contributed by atoms with Gasteiger partial charge in [0.2, 0.25) is 16.9 Å². The van der Waals surface area contributed by atoms with Gasteiger partial charge in [0.05, 0.1) is 0 Å². The van der Waals surface area contributed by atoms with Gasteiger partial charge in [-0.05, 0) is 11.1 Å². The van der Waals surface area contributed by atoms with Gasteiger partial charge in [0.15, 0.2) is 6.10 Å². The maximum Gasteiger partial charge on any atom is 0.363 e. The number of carbonyl (C=O) groups excluding carboxylic acids is 2. The normalized spacial score (nSPS) is 12.1. The van der Waals surface area contributed by atoms with E-state index in [9.17, 15) is 14.8 Å². The molecule has 2 aromatic carbocycles. The Kier molecular flexibility index (Phi) is 6.54. The van der Waals surface area contributed by atoms with Crippen LogP contribution < -0.4 is 4.80 Å². The minimum absolute atomic E-state index is 0.0117. The summed E-state index contributed by atoms with van der Waals surface area (Å²) in [4.78, 5) is 31.8. The SMILES string of the molecule is CO/N=C(\C(=O)OC(c1ccccc1)c1ccccc1)c1csc(=NC=O)n1O. The third-order valence-electron chi connectivity index (χ3n) is 3.90. The first-order valence-corrected chi connectivity index (χ1v) is 9.33. The smallest absolute Gasteiger partial charge is 0.363 e. The van der Waals surface area contributed by atoms with Crippen molar-refractivity contribution in [3.8, 4) is 0 Å². The van der Waals surface area contributed by atoms with Crippen LogP contribution >= 0.6 is 11.3 Å². The second kappa shape index (κ2) is 9.47. The van der Waals surface area contributed by atoms with Crippen molar-refractivity contribution < 1.29 is 24.4 Å². The molecular formula is C20H17N3O5S. The van der Waals surface area contributed by atoms with E-state index in [1.165, 1.54) is 12.5 Å². The van der Waals surface area contributed by atoms with Gasteiger partial charge in [-0.2, -0.15) is 9.72 Å². The van der Waals surface area contributed by atoms with E-state index in [1.807, 2.05) is 60.7 Å². The van der Waals surface area contributed by atoms with Gasteiger partial charge in [0, 0.05) is 5.38 Å². The number of ether oxygens (including phenoxy) is 1. The van der Waals surface area contributed by atoms with E-state index in [-0.39, 0.29) is 22.6 Å². The maximum absolute atomic E-state index is 13.0. The predicted molar refractivity (Wildman–Crippen MR) is 105 cm³/mol. The number of carbonyl (C=O) groups is 2. The molecule has 1 amide bonds. The van der Waals surface area contributed by atoms with Crippen molar-refractivity contribution in [2.75, 3.05) is 7.11 Å². The van der Waals surface area contributed by atoms with Crippen LogP contribution in [0.25, 0.3) is 0 Å². The Morgan fingerprint density at radius 1 is 1.10 bits per heavy atom. The Balaban J connectivity index is 1.98. The first kappa shape index (κ1) is 20.0. The van der Waals surface area contributed by atoms with Crippen LogP contribution in [0.3, 0.4) is 0 Å². The molecule has 0 aliphatic rings. The number of oxime groups is 1. The largest absolute Gasteiger partial charge is 0.448 e. The highest BCUT2D eigenvalue weighted by molar-refractivity contribution is 7.07. The highest BCUT2D eigenvalue weighted by atomic mass is 32.1. The van der Waals surface area contributed by atoms with E-state index in [0.29, 0.717) is 4.73 Å². The molecule has 1 aromatic heterocycles. The van der Waals surface area contributed by atoms with Gasteiger partial charge in [-0.3, -0.25) is 4.79 Å². The van der Waals surface area contributed by atoms with Crippen LogP contribution in [0.1, 0.15) is 22.9 Å². The molecule has 3 aromatic rings. The molecule has 0 aliphatic carbocycles. The number of rotatable bonds is 7. The molecule has 0 unspecified atom stereocenters. The number of benzene rings is 2. The molecule has 1 N–H and O–H groups in total. The third kappa shape index (κ3) is 4.58. The van der Waals surface area contributed by atoms with Gasteiger partial charge >= 0.3 is 5.97 Å². The molecule has 0 saturated carbocycles. The van der Waals surface area contributed by atoms with Crippen molar-refractivity contribution in [1.29, 1.82) is 0 Å². The zero-order valence-corrected chi connectivity index (χ0v) is 16.2. The number of hydrogen-bond acceptors (Lipinski definition) is 7. The summed E-state index contributed by atoms with van der Waals surface area (Å²) in [6, 6.07) is 18.5. The fourth-order valence-electron chi connectivity index (χ4n) is 2.62. The van der Waals surface area contributed by atoms with Gasteiger partial charge in [0.25, 0.3) is 0 Å². The lowest BCUT2D eigenvalue weighted by Gasteiger charge is -2.19. The van der Waals surface area contributed by atoms with E-state index in [1.54, 1.807) is 0 Å². The second-order valence-electron chi connectivity index (χ2n) is 5.68. The van der Waals surface area contributed by atoms with Crippen LogP contribution in [-0.2, 0) is 19.2 Å². The van der Waals surface area contributed by atoms with E-state index >= 15 is 0 Å². The van der Waals surface area contributed by atoms with Gasteiger partial charge in [-0.25, -0.2) is 4.79 Å². The molecule has 9 heteroatoms. The molecule has 29 heavy (non-hydrogen) atoms. The molecule has 0 spiro atoms. The molecular weight excluding hydrogens is 394 g/mol. The van der Waals surface area contributed by atoms with Crippen LogP contribution in [0.15, 0.2) is 76.2 Å². The molecule has 0 radical (unpaired) electrons. The maximum atomic E-state index is 13.0. The van der Waals surface area contributed by atoms with E-state index in [4.69, 9.17) is 9.57 Å². The summed E-state index contributed by atoms with van der Waals surface area (Å²) in [7, 11) is 1.27. The van der Waals surface area contributed by atoms with Crippen LogP contribution in [0, 0.1) is 0 Å². The van der Waals surface area contributed by atoms with Crippen LogP contribution in [0.2, 0.25) is 0 Å². The zero-order chi connectivity index (χ0) is 20.6. The van der Waals surface area contributed by atoms with Crippen molar-refractivity contribution in [3.05, 3.63) is 87.7 Å². The quantitative estimate of drug-likeness (QED) is 0.212. The standard InChI is InChI=1S/C20H17N3O5S/c1-27-22-17(16-12-29-20(21-13-24)23(16)26)19(25)28-18(14-8-4-2-5-9-14)15-10-6-3-7-11-15/h2-13,18,26H,1H3/b21-20?,22-17-. The number of esters is 1. The minimum atomic E-state index is -0.817. The monoisotopic (exact) mass is 411 g/mol. The zero-order valence-electron chi connectivity index (χ0n) is 15.3. The summed E-state index contributed by atoms with van der Waals surface area (Å²) in [5.74, 6) is -0.817. The van der Waals surface area contributed by atoms with Crippen molar-refractivity contribution in [2.45, 2.75) is 6.10 Å². The lowest BCUT2D eigenvalue weighted by Crippen LogP contribution is -2.27. The highest BCUT2D eigenvalue weighted by Gasteiger charge is 2.27. The summed E-state index contributed by atoms with van der Waals surface area (Å²) in [6.45, 7) is 0. The highest BCUT2D eigenvalue weighted by Crippen LogP contribution is 2.26. The Morgan fingerprint density at radius 3 is 2.21 bits per heavy atom. The predicted octanol–water partition coefficient (Wildman–Crippen LogP) is 2.53. The van der Waals surface area contributed by atoms with Crippen LogP contribution in [-0.4, -0.2) is 35.1 Å². The summed E-state index contributed by atoms with van der Waals surface area (Å²) < 4.78 is 6.33. The number of amides is 1. The molecule has 0 saturated heterocycles. The van der Waals surface area contributed by atoms with Crippen molar-refractivity contribution in [1.82, 2.24) is 4.73 Å². The van der Waals surface area contributed by atoms with Gasteiger partial charge in [-0.15, -0.1) is 11.3 Å².